The van der Waals surface area contributed by atoms with Crippen LogP contribution in [0.1, 0.15) is 6.42 Å². The maximum atomic E-state index is 3.50. The second-order valence-corrected chi connectivity index (χ2v) is 4.65. The molecule has 1 aromatic rings. The summed E-state index contributed by atoms with van der Waals surface area (Å²) in [6, 6.07) is 9.11. The third kappa shape index (κ3) is 2.10. The van der Waals surface area contributed by atoms with Gasteiger partial charge in [0.1, 0.15) is 0 Å². The number of nitrogens with one attached hydrogen (secondary N) is 1. The van der Waals surface area contributed by atoms with Gasteiger partial charge in [-0.15, -0.1) is 0 Å². The zero-order valence-electron chi connectivity index (χ0n) is 8.33. The minimum Gasteiger partial charge on any atom is -0.370 e. The van der Waals surface area contributed by atoms with Gasteiger partial charge in [0.25, 0.3) is 0 Å². The monoisotopic (exact) mass is 254 g/mol. The molecule has 14 heavy (non-hydrogen) atoms. The first-order valence-corrected chi connectivity index (χ1v) is 5.76. The van der Waals surface area contributed by atoms with E-state index in [1.54, 1.807) is 0 Å². The minimum atomic E-state index is 0.643. The molecule has 1 aliphatic heterocycles. The molecule has 1 heterocycles. The summed E-state index contributed by atoms with van der Waals surface area (Å²) >= 11 is 3.50. The van der Waals surface area contributed by atoms with Crippen LogP contribution < -0.4 is 10.2 Å². The van der Waals surface area contributed by atoms with Gasteiger partial charge in [0.05, 0.1) is 0 Å². The third-order valence-corrected chi connectivity index (χ3v) is 3.29. The second kappa shape index (κ2) is 4.32. The molecule has 0 aliphatic carbocycles. The zero-order valence-corrected chi connectivity index (χ0v) is 9.92. The Bertz CT molecular complexity index is 308. The molecular weight excluding hydrogens is 240 g/mol. The molecule has 0 aromatic heterocycles. The van der Waals surface area contributed by atoms with Gasteiger partial charge < -0.3 is 10.2 Å². The average molecular weight is 255 g/mol. The fourth-order valence-corrected chi connectivity index (χ4v) is 2.26. The molecule has 76 valence electrons. The van der Waals surface area contributed by atoms with E-state index < -0.39 is 0 Å². The summed E-state index contributed by atoms with van der Waals surface area (Å²) < 4.78 is 1.15. The normalized spacial score (nSPS) is 21.1. The Kier molecular flexibility index (Phi) is 3.08. The number of likely N-dealkylation sites (N-methyl/N-ethyl adjacent to an activating group) is 1. The topological polar surface area (TPSA) is 15.3 Å². The Balaban J connectivity index is 2.13. The van der Waals surface area contributed by atoms with Gasteiger partial charge in [0, 0.05) is 29.8 Å². The van der Waals surface area contributed by atoms with Crippen molar-refractivity contribution in [1.29, 1.82) is 0 Å². The molecule has 0 radical (unpaired) electrons. The van der Waals surface area contributed by atoms with Crippen LogP contribution in [0.25, 0.3) is 0 Å². The largest absolute Gasteiger partial charge is 0.370 e. The quantitative estimate of drug-likeness (QED) is 0.871. The molecule has 0 amide bonds. The van der Waals surface area contributed by atoms with Gasteiger partial charge >= 0.3 is 0 Å². The van der Waals surface area contributed by atoms with E-state index in [1.807, 2.05) is 0 Å². The van der Waals surface area contributed by atoms with Gasteiger partial charge in [-0.1, -0.05) is 22.0 Å². The van der Waals surface area contributed by atoms with E-state index in [9.17, 15) is 0 Å². The van der Waals surface area contributed by atoms with Gasteiger partial charge in [-0.3, -0.25) is 0 Å². The molecule has 0 spiro atoms. The van der Waals surface area contributed by atoms with Crippen LogP contribution in [-0.2, 0) is 0 Å². The summed E-state index contributed by atoms with van der Waals surface area (Å²) in [7, 11) is 2.17. The van der Waals surface area contributed by atoms with Crippen LogP contribution in [0, 0.1) is 0 Å². The highest BCUT2D eigenvalue weighted by Gasteiger charge is 2.19. The molecule has 1 N–H and O–H groups in total. The van der Waals surface area contributed by atoms with Crippen molar-refractivity contribution in [3.05, 3.63) is 28.7 Å². The van der Waals surface area contributed by atoms with Crippen molar-refractivity contribution in [2.45, 2.75) is 12.5 Å². The highest BCUT2D eigenvalue weighted by atomic mass is 79.9. The summed E-state index contributed by atoms with van der Waals surface area (Å²) in [6.45, 7) is 2.24. The number of nitrogens with zero attached hydrogens (tertiary/aromatic N) is 1. The summed E-state index contributed by atoms with van der Waals surface area (Å²) in [5.74, 6) is 0. The van der Waals surface area contributed by atoms with E-state index in [1.165, 1.54) is 12.1 Å². The van der Waals surface area contributed by atoms with Crippen LogP contribution in [0.4, 0.5) is 5.69 Å². The lowest BCUT2D eigenvalue weighted by atomic mass is 10.2. The first-order chi connectivity index (χ1) is 6.77. The maximum Gasteiger partial charge on any atom is 0.0423 e. The minimum absolute atomic E-state index is 0.643. The maximum absolute atomic E-state index is 3.50. The van der Waals surface area contributed by atoms with Crippen molar-refractivity contribution >= 4 is 21.6 Å². The van der Waals surface area contributed by atoms with Crippen LogP contribution in [-0.4, -0.2) is 26.2 Å². The fraction of sp³-hybridized carbons (Fsp3) is 0.455. The van der Waals surface area contributed by atoms with Gasteiger partial charge in [-0.2, -0.15) is 0 Å². The van der Waals surface area contributed by atoms with Crippen LogP contribution in [0.3, 0.4) is 0 Å². The van der Waals surface area contributed by atoms with Gasteiger partial charge in [-0.05, 0) is 31.2 Å². The molecule has 1 fully saturated rings. The lowest BCUT2D eigenvalue weighted by Crippen LogP contribution is -2.33. The van der Waals surface area contributed by atoms with Crippen molar-refractivity contribution in [1.82, 2.24) is 5.32 Å². The number of hydrogen-bond donors (Lipinski definition) is 1. The highest BCUT2D eigenvalue weighted by Crippen LogP contribution is 2.22. The van der Waals surface area contributed by atoms with Crippen molar-refractivity contribution < 1.29 is 0 Å². The average Bonchev–Trinajstić information content (AvgIpc) is 2.69. The third-order valence-electron chi connectivity index (χ3n) is 2.80. The molecule has 0 unspecified atom stereocenters. The zero-order chi connectivity index (χ0) is 9.97. The molecule has 1 aromatic carbocycles. The lowest BCUT2D eigenvalue weighted by Gasteiger charge is -2.26. The smallest absolute Gasteiger partial charge is 0.0423 e. The summed E-state index contributed by atoms with van der Waals surface area (Å²) in [4.78, 5) is 2.35. The molecule has 1 saturated heterocycles. The number of anilines is 1. The number of hydrogen-bond acceptors (Lipinski definition) is 2. The standard InChI is InChI=1S/C11H15BrN2/c1-14(11-5-6-13-8-11)10-4-2-3-9(12)7-10/h2-4,7,11,13H,5-6,8H2,1H3/t11-/m1/s1. The molecule has 0 saturated carbocycles. The number of rotatable bonds is 2. The van der Waals surface area contributed by atoms with E-state index in [4.69, 9.17) is 0 Å². The van der Waals surface area contributed by atoms with E-state index in [-0.39, 0.29) is 0 Å². The van der Waals surface area contributed by atoms with Crippen LogP contribution >= 0.6 is 15.9 Å². The number of benzene rings is 1. The summed E-state index contributed by atoms with van der Waals surface area (Å²) in [5, 5.41) is 3.38. The molecular formula is C11H15BrN2. The van der Waals surface area contributed by atoms with Crippen molar-refractivity contribution in [3.8, 4) is 0 Å². The highest BCUT2D eigenvalue weighted by molar-refractivity contribution is 9.10. The van der Waals surface area contributed by atoms with Gasteiger partial charge in [-0.25, -0.2) is 0 Å². The van der Waals surface area contributed by atoms with E-state index in [0.717, 1.165) is 17.6 Å². The Labute approximate surface area is 93.4 Å². The molecule has 2 rings (SSSR count). The van der Waals surface area contributed by atoms with Crippen molar-refractivity contribution in [2.75, 3.05) is 25.0 Å². The van der Waals surface area contributed by atoms with Gasteiger partial charge in [0.15, 0.2) is 0 Å². The van der Waals surface area contributed by atoms with E-state index in [0.29, 0.717) is 6.04 Å². The van der Waals surface area contributed by atoms with E-state index in [2.05, 4.69) is 57.5 Å². The molecule has 3 heteroatoms. The molecule has 1 aliphatic rings. The first-order valence-electron chi connectivity index (χ1n) is 4.96. The lowest BCUT2D eigenvalue weighted by molar-refractivity contribution is 0.685. The Morgan fingerprint density at radius 1 is 1.50 bits per heavy atom. The SMILES string of the molecule is CN(c1cccc(Br)c1)[C@@H]1CCNC1. The van der Waals surface area contributed by atoms with Crippen molar-refractivity contribution in [3.63, 3.8) is 0 Å². The molecule has 0 bridgehead atoms. The Hall–Kier alpha value is -0.540. The Morgan fingerprint density at radius 3 is 3.00 bits per heavy atom. The van der Waals surface area contributed by atoms with Crippen LogP contribution in [0.5, 0.6) is 0 Å². The molecule has 2 nitrogen and oxygen atoms in total. The molecule has 1 atom stereocenters. The second-order valence-electron chi connectivity index (χ2n) is 3.74. The number of halogens is 1. The summed E-state index contributed by atoms with van der Waals surface area (Å²) in [6.07, 6.45) is 1.24. The predicted molar refractivity (Wildman–Crippen MR) is 63.8 cm³/mol. The first kappa shape index (κ1) is 9.99. The van der Waals surface area contributed by atoms with E-state index >= 15 is 0 Å². The fourth-order valence-electron chi connectivity index (χ4n) is 1.88. The Morgan fingerprint density at radius 2 is 2.36 bits per heavy atom. The van der Waals surface area contributed by atoms with Gasteiger partial charge in [0.2, 0.25) is 0 Å². The van der Waals surface area contributed by atoms with Crippen LogP contribution in [0.15, 0.2) is 28.7 Å². The predicted octanol–water partition coefficient (Wildman–Crippen LogP) is 2.25. The van der Waals surface area contributed by atoms with Crippen LogP contribution in [0.2, 0.25) is 0 Å². The summed E-state index contributed by atoms with van der Waals surface area (Å²) in [5.41, 5.74) is 1.29. The van der Waals surface area contributed by atoms with Crippen molar-refractivity contribution in [2.24, 2.45) is 0 Å².